The average Bonchev–Trinajstić information content (AvgIpc) is 2.53. The van der Waals surface area contributed by atoms with E-state index in [1.165, 1.54) is 19.3 Å². The van der Waals surface area contributed by atoms with Crippen LogP contribution in [0.25, 0.3) is 0 Å². The fourth-order valence-electron chi connectivity index (χ4n) is 2.83. The molecule has 2 rings (SSSR count). The van der Waals surface area contributed by atoms with Crippen molar-refractivity contribution in [1.29, 1.82) is 0 Å². The van der Waals surface area contributed by atoms with E-state index in [9.17, 15) is 4.79 Å². The van der Waals surface area contributed by atoms with E-state index in [0.29, 0.717) is 23.2 Å². The molecule has 0 radical (unpaired) electrons. The molecular formula is C16H24Cl2N2O2. The molecule has 0 heterocycles. The van der Waals surface area contributed by atoms with E-state index in [0.717, 1.165) is 12.8 Å². The summed E-state index contributed by atoms with van der Waals surface area (Å²) in [6, 6.07) is 7.03. The first-order valence-corrected chi connectivity index (χ1v) is 7.94. The van der Waals surface area contributed by atoms with Crippen LogP contribution < -0.4 is 15.8 Å². The highest BCUT2D eigenvalue weighted by atomic mass is 35.5. The molecule has 1 amide bonds. The van der Waals surface area contributed by atoms with Crippen LogP contribution in [0, 0.1) is 5.92 Å². The van der Waals surface area contributed by atoms with E-state index < -0.39 is 0 Å². The zero-order chi connectivity index (χ0) is 15.1. The maximum absolute atomic E-state index is 12.0. The normalized spacial score (nSPS) is 16.5. The van der Waals surface area contributed by atoms with Crippen LogP contribution in [0.2, 0.25) is 5.02 Å². The molecular weight excluding hydrogens is 323 g/mol. The summed E-state index contributed by atoms with van der Waals surface area (Å²) < 4.78 is 5.44. The van der Waals surface area contributed by atoms with E-state index in [1.807, 2.05) is 0 Å². The molecule has 0 aromatic heterocycles. The van der Waals surface area contributed by atoms with Crippen LogP contribution in [0.3, 0.4) is 0 Å². The van der Waals surface area contributed by atoms with Crippen molar-refractivity contribution in [3.05, 3.63) is 29.3 Å². The third-order valence-corrected chi connectivity index (χ3v) is 4.25. The Labute approximate surface area is 143 Å². The maximum Gasteiger partial charge on any atom is 0.258 e. The summed E-state index contributed by atoms with van der Waals surface area (Å²) in [5.41, 5.74) is 5.81. The van der Waals surface area contributed by atoms with E-state index in [-0.39, 0.29) is 31.0 Å². The SMILES string of the molecule is Cl.NCC(NC(=O)COc1ccc(Cl)cc1)C1CCCCC1. The van der Waals surface area contributed by atoms with E-state index >= 15 is 0 Å². The van der Waals surface area contributed by atoms with Gasteiger partial charge in [0.25, 0.3) is 5.91 Å². The lowest BCUT2D eigenvalue weighted by atomic mass is 9.84. The molecule has 1 aliphatic carbocycles. The van der Waals surface area contributed by atoms with Crippen LogP contribution in [0.4, 0.5) is 0 Å². The van der Waals surface area contributed by atoms with Gasteiger partial charge < -0.3 is 15.8 Å². The molecule has 1 unspecified atom stereocenters. The summed E-state index contributed by atoms with van der Waals surface area (Å²) >= 11 is 5.80. The minimum Gasteiger partial charge on any atom is -0.484 e. The van der Waals surface area contributed by atoms with Gasteiger partial charge in [0.15, 0.2) is 6.61 Å². The minimum atomic E-state index is -0.119. The van der Waals surface area contributed by atoms with Crippen molar-refractivity contribution in [1.82, 2.24) is 5.32 Å². The van der Waals surface area contributed by atoms with Gasteiger partial charge >= 0.3 is 0 Å². The largest absolute Gasteiger partial charge is 0.484 e. The number of carbonyl (C=O) groups excluding carboxylic acids is 1. The fourth-order valence-corrected chi connectivity index (χ4v) is 2.96. The molecule has 1 aromatic carbocycles. The lowest BCUT2D eigenvalue weighted by Gasteiger charge is -2.30. The standard InChI is InChI=1S/C16H23ClN2O2.ClH/c17-13-6-8-14(9-7-13)21-11-16(20)19-15(10-18)12-4-2-1-3-5-12;/h6-9,12,15H,1-5,10-11,18H2,(H,19,20);1H. The number of nitrogens with two attached hydrogens (primary N) is 1. The van der Waals surface area contributed by atoms with Crippen LogP contribution in [0.5, 0.6) is 5.75 Å². The fraction of sp³-hybridized carbons (Fsp3) is 0.562. The van der Waals surface area contributed by atoms with Crippen molar-refractivity contribution in [2.45, 2.75) is 38.1 Å². The predicted molar refractivity (Wildman–Crippen MR) is 91.8 cm³/mol. The zero-order valence-electron chi connectivity index (χ0n) is 12.6. The Morgan fingerprint density at radius 1 is 1.27 bits per heavy atom. The quantitative estimate of drug-likeness (QED) is 0.831. The molecule has 0 spiro atoms. The second-order valence-electron chi connectivity index (χ2n) is 5.55. The monoisotopic (exact) mass is 346 g/mol. The molecule has 0 aliphatic heterocycles. The molecule has 4 nitrogen and oxygen atoms in total. The van der Waals surface area contributed by atoms with Gasteiger partial charge in [-0.3, -0.25) is 4.79 Å². The lowest BCUT2D eigenvalue weighted by Crippen LogP contribution is -2.47. The van der Waals surface area contributed by atoms with Crippen LogP contribution >= 0.6 is 24.0 Å². The Bertz CT molecular complexity index is 448. The third kappa shape index (κ3) is 6.03. The van der Waals surface area contributed by atoms with Crippen molar-refractivity contribution >= 4 is 29.9 Å². The van der Waals surface area contributed by atoms with Crippen LogP contribution in [0.1, 0.15) is 32.1 Å². The lowest BCUT2D eigenvalue weighted by molar-refractivity contribution is -0.124. The number of amides is 1. The van der Waals surface area contributed by atoms with Gasteiger partial charge in [0.2, 0.25) is 0 Å². The first kappa shape index (κ1) is 19.1. The van der Waals surface area contributed by atoms with Gasteiger partial charge in [-0.2, -0.15) is 0 Å². The number of halogens is 2. The van der Waals surface area contributed by atoms with Crippen LogP contribution in [-0.4, -0.2) is 25.1 Å². The number of ether oxygens (including phenoxy) is 1. The van der Waals surface area contributed by atoms with Gasteiger partial charge in [-0.05, 0) is 43.0 Å². The molecule has 22 heavy (non-hydrogen) atoms. The number of hydrogen-bond acceptors (Lipinski definition) is 3. The number of nitrogens with one attached hydrogen (secondary N) is 1. The Morgan fingerprint density at radius 3 is 2.50 bits per heavy atom. The summed E-state index contributed by atoms with van der Waals surface area (Å²) in [6.07, 6.45) is 6.07. The average molecular weight is 347 g/mol. The molecule has 0 bridgehead atoms. The van der Waals surface area contributed by atoms with Gasteiger partial charge in [-0.1, -0.05) is 30.9 Å². The van der Waals surface area contributed by atoms with Gasteiger partial charge in [0, 0.05) is 17.6 Å². The molecule has 6 heteroatoms. The zero-order valence-corrected chi connectivity index (χ0v) is 14.2. The Hall–Kier alpha value is -0.970. The van der Waals surface area contributed by atoms with E-state index in [4.69, 9.17) is 22.1 Å². The minimum absolute atomic E-state index is 0. The van der Waals surface area contributed by atoms with Gasteiger partial charge in [0.1, 0.15) is 5.75 Å². The van der Waals surface area contributed by atoms with Gasteiger partial charge in [0.05, 0.1) is 0 Å². The van der Waals surface area contributed by atoms with Crippen molar-refractivity contribution in [2.24, 2.45) is 11.7 Å². The first-order valence-electron chi connectivity index (χ1n) is 7.57. The molecule has 1 fully saturated rings. The van der Waals surface area contributed by atoms with Crippen molar-refractivity contribution in [3.8, 4) is 5.75 Å². The number of hydrogen-bond donors (Lipinski definition) is 2. The summed E-state index contributed by atoms with van der Waals surface area (Å²) in [6.45, 7) is 0.488. The Balaban J connectivity index is 0.00000242. The molecule has 124 valence electrons. The highest BCUT2D eigenvalue weighted by Gasteiger charge is 2.23. The summed E-state index contributed by atoms with van der Waals surface area (Å²) in [5.74, 6) is 1.02. The van der Waals surface area contributed by atoms with E-state index in [2.05, 4.69) is 5.32 Å². The number of carbonyl (C=O) groups is 1. The van der Waals surface area contributed by atoms with Gasteiger partial charge in [-0.25, -0.2) is 0 Å². The highest BCUT2D eigenvalue weighted by molar-refractivity contribution is 6.30. The molecule has 3 N–H and O–H groups in total. The molecule has 1 atom stereocenters. The second kappa shape index (κ2) is 9.93. The second-order valence-corrected chi connectivity index (χ2v) is 5.99. The van der Waals surface area contributed by atoms with Crippen molar-refractivity contribution < 1.29 is 9.53 Å². The Morgan fingerprint density at radius 2 is 1.91 bits per heavy atom. The summed E-state index contributed by atoms with van der Waals surface area (Å²) in [4.78, 5) is 12.0. The van der Waals surface area contributed by atoms with Crippen LogP contribution in [-0.2, 0) is 4.79 Å². The maximum atomic E-state index is 12.0. The van der Waals surface area contributed by atoms with E-state index in [1.54, 1.807) is 24.3 Å². The summed E-state index contributed by atoms with van der Waals surface area (Å²) in [5, 5.41) is 3.65. The molecule has 1 saturated carbocycles. The van der Waals surface area contributed by atoms with Gasteiger partial charge in [-0.15, -0.1) is 12.4 Å². The summed E-state index contributed by atoms with van der Waals surface area (Å²) in [7, 11) is 0. The Kier molecular flexibility index (Phi) is 8.61. The number of benzene rings is 1. The number of rotatable bonds is 6. The first-order chi connectivity index (χ1) is 10.2. The predicted octanol–water partition coefficient (Wildman–Crippen LogP) is 3.16. The topological polar surface area (TPSA) is 64.3 Å². The molecule has 1 aromatic rings. The molecule has 1 aliphatic rings. The van der Waals surface area contributed by atoms with Crippen molar-refractivity contribution in [3.63, 3.8) is 0 Å². The highest BCUT2D eigenvalue weighted by Crippen LogP contribution is 2.26. The van der Waals surface area contributed by atoms with Crippen molar-refractivity contribution in [2.75, 3.05) is 13.2 Å². The molecule has 0 saturated heterocycles. The van der Waals surface area contributed by atoms with Crippen LogP contribution in [0.15, 0.2) is 24.3 Å². The smallest absolute Gasteiger partial charge is 0.258 e. The third-order valence-electron chi connectivity index (χ3n) is 4.00.